The lowest BCUT2D eigenvalue weighted by Crippen LogP contribution is -2.41. The van der Waals surface area contributed by atoms with Crippen LogP contribution in [0, 0.1) is 11.8 Å². The Morgan fingerprint density at radius 2 is 1.67 bits per heavy atom. The van der Waals surface area contributed by atoms with Gasteiger partial charge in [0.15, 0.2) is 5.40 Å². The van der Waals surface area contributed by atoms with Gasteiger partial charge in [0.05, 0.1) is 0 Å². The number of thiol groups is 1. The van der Waals surface area contributed by atoms with E-state index in [0.717, 1.165) is 38.0 Å². The molecule has 0 radical (unpaired) electrons. The average Bonchev–Trinajstić information content (AvgIpc) is 2.31. The number of rotatable bonds is 8. The Hall–Kier alpha value is 0.610. The first-order chi connectivity index (χ1) is 9.66. The maximum Gasteiger partial charge on any atom is 0.341 e. The highest BCUT2D eigenvalue weighted by Gasteiger charge is 2.49. The van der Waals surface area contributed by atoms with E-state index in [-0.39, 0.29) is 12.5 Å². The van der Waals surface area contributed by atoms with Gasteiger partial charge in [0.2, 0.25) is 0 Å². The quantitative estimate of drug-likeness (QED) is 0.219. The van der Waals surface area contributed by atoms with Crippen LogP contribution >= 0.6 is 27.8 Å². The maximum absolute atomic E-state index is 11.4. The summed E-state index contributed by atoms with van der Waals surface area (Å²) >= 11 is 4.14. The summed E-state index contributed by atoms with van der Waals surface area (Å²) in [4.78, 5) is 37.1. The van der Waals surface area contributed by atoms with Gasteiger partial charge in [-0.1, -0.05) is 12.8 Å². The minimum Gasteiger partial charge on any atom is -0.324 e. The normalized spacial score (nSPS) is 24.5. The van der Waals surface area contributed by atoms with Crippen LogP contribution < -0.4 is 5.32 Å². The van der Waals surface area contributed by atoms with Crippen molar-refractivity contribution < 1.29 is 28.7 Å². The van der Waals surface area contributed by atoms with E-state index in [0.29, 0.717) is 6.42 Å². The van der Waals surface area contributed by atoms with Crippen LogP contribution in [0.15, 0.2) is 0 Å². The number of hydrogen-bond donors (Lipinski definition) is 6. The van der Waals surface area contributed by atoms with Crippen molar-refractivity contribution in [3.05, 3.63) is 0 Å². The largest absolute Gasteiger partial charge is 0.341 e. The zero-order valence-corrected chi connectivity index (χ0v) is 14.5. The van der Waals surface area contributed by atoms with E-state index < -0.39 is 26.5 Å². The molecule has 1 fully saturated rings. The molecule has 0 bridgehead atoms. The summed E-state index contributed by atoms with van der Waals surface area (Å²) in [7, 11) is -9.68. The molecule has 0 saturated carbocycles. The lowest BCUT2D eigenvalue weighted by atomic mass is 9.88. The lowest BCUT2D eigenvalue weighted by Gasteiger charge is -2.35. The Morgan fingerprint density at radius 3 is 2.19 bits per heavy atom. The highest BCUT2D eigenvalue weighted by Crippen LogP contribution is 2.63. The van der Waals surface area contributed by atoms with Crippen molar-refractivity contribution in [1.29, 1.82) is 0 Å². The average molecular weight is 361 g/mol. The molecular formula is C11H25NO6P2S. The van der Waals surface area contributed by atoms with Crippen molar-refractivity contribution in [2.75, 3.05) is 18.8 Å². The number of hydrogen-bond acceptors (Lipinski definition) is 4. The number of nitrogens with one attached hydrogen (secondary N) is 1. The van der Waals surface area contributed by atoms with Gasteiger partial charge in [-0.05, 0) is 49.9 Å². The molecule has 2 unspecified atom stereocenters. The zero-order chi connectivity index (χ0) is 16.1. The molecule has 1 rings (SSSR count). The van der Waals surface area contributed by atoms with Gasteiger partial charge in [0.25, 0.3) is 0 Å². The van der Waals surface area contributed by atoms with Crippen molar-refractivity contribution in [3.8, 4) is 0 Å². The van der Waals surface area contributed by atoms with Crippen molar-refractivity contribution in [2.24, 2.45) is 11.8 Å². The van der Waals surface area contributed by atoms with Crippen LogP contribution in [0.2, 0.25) is 0 Å². The third kappa shape index (κ3) is 6.71. The summed E-state index contributed by atoms with van der Waals surface area (Å²) in [6, 6.07) is 0. The first-order valence-electron chi connectivity index (χ1n) is 7.08. The second-order valence-electron chi connectivity index (χ2n) is 5.68. The van der Waals surface area contributed by atoms with Crippen molar-refractivity contribution in [2.45, 2.75) is 37.5 Å². The van der Waals surface area contributed by atoms with Crippen LogP contribution in [0.4, 0.5) is 0 Å². The molecule has 21 heavy (non-hydrogen) atoms. The molecule has 1 heterocycles. The summed E-state index contributed by atoms with van der Waals surface area (Å²) in [5.41, 5.74) is 0. The molecule has 2 atom stereocenters. The van der Waals surface area contributed by atoms with Gasteiger partial charge in [0.1, 0.15) is 0 Å². The van der Waals surface area contributed by atoms with Crippen LogP contribution in [0.25, 0.3) is 0 Å². The molecule has 1 aliphatic rings. The topological polar surface area (TPSA) is 127 Å². The van der Waals surface area contributed by atoms with Gasteiger partial charge in [-0.2, -0.15) is 12.6 Å². The van der Waals surface area contributed by atoms with Gasteiger partial charge in [-0.15, -0.1) is 0 Å². The number of unbranched alkanes of at least 4 members (excludes halogenated alkanes) is 2. The van der Waals surface area contributed by atoms with E-state index in [9.17, 15) is 28.7 Å². The highest BCUT2D eigenvalue weighted by molar-refractivity contribution is 7.80. The molecule has 126 valence electrons. The van der Waals surface area contributed by atoms with Gasteiger partial charge in [-0.25, -0.2) is 0 Å². The summed E-state index contributed by atoms with van der Waals surface area (Å²) < 4.78 is 22.9. The third-order valence-electron chi connectivity index (χ3n) is 3.86. The fourth-order valence-electron chi connectivity index (χ4n) is 2.98. The van der Waals surface area contributed by atoms with Gasteiger partial charge < -0.3 is 24.9 Å². The molecule has 0 amide bonds. The molecule has 5 N–H and O–H groups in total. The molecule has 0 aromatic rings. The van der Waals surface area contributed by atoms with Crippen LogP contribution in [-0.4, -0.2) is 43.8 Å². The molecule has 10 heteroatoms. The third-order valence-corrected chi connectivity index (χ3v) is 8.20. The summed E-state index contributed by atoms with van der Waals surface area (Å²) in [6.07, 6.45) is 4.41. The van der Waals surface area contributed by atoms with Gasteiger partial charge in [0, 0.05) is 0 Å². The molecular weight excluding hydrogens is 336 g/mol. The predicted octanol–water partition coefficient (Wildman–Crippen LogP) is 1.38. The highest BCUT2D eigenvalue weighted by atomic mass is 32.1. The van der Waals surface area contributed by atoms with E-state index in [1.54, 1.807) is 0 Å². The van der Waals surface area contributed by atoms with Gasteiger partial charge >= 0.3 is 15.2 Å². The van der Waals surface area contributed by atoms with E-state index in [4.69, 9.17) is 0 Å². The first kappa shape index (κ1) is 19.7. The fraction of sp³-hybridized carbons (Fsp3) is 1.00. The van der Waals surface area contributed by atoms with Crippen LogP contribution in [-0.2, 0) is 9.13 Å². The fourth-order valence-corrected chi connectivity index (χ4v) is 6.33. The molecule has 0 spiro atoms. The Morgan fingerprint density at radius 1 is 1.05 bits per heavy atom. The maximum atomic E-state index is 11.4. The predicted molar refractivity (Wildman–Crippen MR) is 84.7 cm³/mol. The van der Waals surface area contributed by atoms with Crippen LogP contribution in [0.1, 0.15) is 32.1 Å². The standard InChI is InChI=1S/C11H25NO6P2S/c13-19(14,15)11(20(16,17)18)10-6-9(7-12-8-10)4-2-1-3-5-21/h9-12,21H,1-8H2,(H2,13,14,15)(H2,16,17,18). The van der Waals surface area contributed by atoms with Crippen LogP contribution in [0.3, 0.4) is 0 Å². The van der Waals surface area contributed by atoms with Gasteiger partial charge in [-0.3, -0.25) is 9.13 Å². The van der Waals surface area contributed by atoms with Crippen molar-refractivity contribution in [3.63, 3.8) is 0 Å². The first-order valence-corrected chi connectivity index (χ1v) is 11.1. The monoisotopic (exact) mass is 361 g/mol. The Balaban J connectivity index is 2.65. The Bertz CT molecular complexity index is 390. The smallest absolute Gasteiger partial charge is 0.324 e. The Labute approximate surface area is 130 Å². The molecule has 0 aliphatic carbocycles. The lowest BCUT2D eigenvalue weighted by molar-refractivity contribution is 0.245. The van der Waals surface area contributed by atoms with E-state index in [1.807, 2.05) is 0 Å². The minimum atomic E-state index is -4.84. The summed E-state index contributed by atoms with van der Waals surface area (Å²) in [5, 5.41) is 1.16. The van der Waals surface area contributed by atoms with Crippen molar-refractivity contribution in [1.82, 2.24) is 5.32 Å². The summed E-state index contributed by atoms with van der Waals surface area (Å²) in [6.45, 7) is 0.959. The SMILES string of the molecule is O=P(O)(O)C(C1CNCC(CCCCCS)C1)P(=O)(O)O. The van der Waals surface area contributed by atoms with Crippen LogP contribution in [0.5, 0.6) is 0 Å². The minimum absolute atomic E-state index is 0.198. The molecule has 0 aromatic carbocycles. The zero-order valence-electron chi connectivity index (χ0n) is 11.8. The molecule has 0 aromatic heterocycles. The molecule has 7 nitrogen and oxygen atoms in total. The number of piperidine rings is 1. The second kappa shape index (κ2) is 8.46. The Kier molecular flexibility index (Phi) is 7.92. The molecule has 1 aliphatic heterocycles. The van der Waals surface area contributed by atoms with Crippen molar-refractivity contribution >= 4 is 27.8 Å². The second-order valence-corrected chi connectivity index (χ2v) is 10.0. The van der Waals surface area contributed by atoms with E-state index in [2.05, 4.69) is 17.9 Å². The molecule has 1 saturated heterocycles. The summed E-state index contributed by atoms with van der Waals surface area (Å²) in [5.74, 6) is 0.337. The van der Waals surface area contributed by atoms with E-state index in [1.165, 1.54) is 0 Å². The van der Waals surface area contributed by atoms with E-state index >= 15 is 0 Å².